The molecule has 0 aromatic carbocycles. The predicted octanol–water partition coefficient (Wildman–Crippen LogP) is 1.29. The van der Waals surface area contributed by atoms with Crippen molar-refractivity contribution in [1.29, 1.82) is 0 Å². The van der Waals surface area contributed by atoms with Crippen LogP contribution in [0.2, 0.25) is 5.02 Å². The molecule has 0 aliphatic heterocycles. The standard InChI is InChI=1S/C12H17ClN2O4/c1-6(2)15-5-8(13)4-9(15)11(17)14-10(7(3)16)12(18)19/h4-7,10,16H,1-3H3,(H,14,17)(H,18,19)/t7-,10+/m1/s1. The van der Waals surface area contributed by atoms with Crippen LogP contribution in [0.4, 0.5) is 0 Å². The molecule has 0 saturated carbocycles. The van der Waals surface area contributed by atoms with Crippen LogP contribution in [-0.2, 0) is 4.79 Å². The molecule has 106 valence electrons. The highest BCUT2D eigenvalue weighted by molar-refractivity contribution is 6.31. The van der Waals surface area contributed by atoms with E-state index in [9.17, 15) is 14.7 Å². The number of amides is 1. The molecule has 7 heteroatoms. The van der Waals surface area contributed by atoms with Crippen LogP contribution in [0.15, 0.2) is 12.3 Å². The van der Waals surface area contributed by atoms with E-state index in [1.165, 1.54) is 13.0 Å². The van der Waals surface area contributed by atoms with Crippen LogP contribution in [-0.4, -0.2) is 38.8 Å². The Kier molecular flexibility index (Phi) is 4.97. The highest BCUT2D eigenvalue weighted by atomic mass is 35.5. The topological polar surface area (TPSA) is 91.6 Å². The predicted molar refractivity (Wildman–Crippen MR) is 70.4 cm³/mol. The third-order valence-electron chi connectivity index (χ3n) is 2.64. The minimum atomic E-state index is -1.36. The molecule has 2 atom stereocenters. The van der Waals surface area contributed by atoms with Gasteiger partial charge in [-0.25, -0.2) is 4.79 Å². The van der Waals surface area contributed by atoms with Crippen molar-refractivity contribution < 1.29 is 19.8 Å². The molecule has 0 unspecified atom stereocenters. The average molecular weight is 289 g/mol. The third kappa shape index (κ3) is 3.71. The minimum absolute atomic E-state index is 0.00285. The molecule has 0 spiro atoms. The number of carbonyl (C=O) groups excluding carboxylic acids is 1. The second-order valence-electron chi connectivity index (χ2n) is 4.57. The Morgan fingerprint density at radius 3 is 2.37 bits per heavy atom. The summed E-state index contributed by atoms with van der Waals surface area (Å²) in [6.45, 7) is 5.04. The Bertz CT molecular complexity index is 482. The van der Waals surface area contributed by atoms with Gasteiger partial charge in [0.25, 0.3) is 5.91 Å². The lowest BCUT2D eigenvalue weighted by molar-refractivity contribution is -0.141. The number of aliphatic hydroxyl groups excluding tert-OH is 1. The summed E-state index contributed by atoms with van der Waals surface area (Å²) in [4.78, 5) is 23.0. The highest BCUT2D eigenvalue weighted by Gasteiger charge is 2.27. The molecule has 1 rings (SSSR count). The van der Waals surface area contributed by atoms with Gasteiger partial charge in [0.05, 0.1) is 11.1 Å². The summed E-state index contributed by atoms with van der Waals surface area (Å²) in [5.41, 5.74) is 0.256. The van der Waals surface area contributed by atoms with Crippen molar-refractivity contribution >= 4 is 23.5 Å². The molecule has 0 bridgehead atoms. The maximum Gasteiger partial charge on any atom is 0.328 e. The second kappa shape index (κ2) is 6.08. The van der Waals surface area contributed by atoms with E-state index in [2.05, 4.69) is 5.32 Å². The fourth-order valence-electron chi connectivity index (χ4n) is 1.66. The van der Waals surface area contributed by atoms with Gasteiger partial charge in [0, 0.05) is 12.2 Å². The number of hydrogen-bond donors (Lipinski definition) is 3. The molecule has 6 nitrogen and oxygen atoms in total. The van der Waals surface area contributed by atoms with Gasteiger partial charge in [-0.15, -0.1) is 0 Å². The van der Waals surface area contributed by atoms with E-state index in [-0.39, 0.29) is 11.7 Å². The van der Waals surface area contributed by atoms with E-state index in [0.717, 1.165) is 0 Å². The van der Waals surface area contributed by atoms with Gasteiger partial charge < -0.3 is 20.1 Å². The van der Waals surface area contributed by atoms with E-state index < -0.39 is 24.0 Å². The number of halogens is 1. The summed E-state index contributed by atoms with van der Waals surface area (Å²) in [7, 11) is 0. The van der Waals surface area contributed by atoms with Crippen LogP contribution < -0.4 is 5.32 Å². The number of carboxylic acids is 1. The third-order valence-corrected chi connectivity index (χ3v) is 2.85. The number of nitrogens with zero attached hydrogens (tertiary/aromatic N) is 1. The van der Waals surface area contributed by atoms with E-state index in [4.69, 9.17) is 16.7 Å². The fraction of sp³-hybridized carbons (Fsp3) is 0.500. The summed E-state index contributed by atoms with van der Waals surface area (Å²) in [5.74, 6) is -1.88. The Labute approximate surface area is 116 Å². The van der Waals surface area contributed by atoms with Crippen molar-refractivity contribution in [2.24, 2.45) is 0 Å². The largest absolute Gasteiger partial charge is 0.480 e. The van der Waals surface area contributed by atoms with Gasteiger partial charge in [-0.05, 0) is 26.8 Å². The number of aromatic nitrogens is 1. The van der Waals surface area contributed by atoms with Crippen molar-refractivity contribution in [3.8, 4) is 0 Å². The summed E-state index contributed by atoms with van der Waals surface area (Å²) in [6.07, 6.45) is 0.401. The summed E-state index contributed by atoms with van der Waals surface area (Å²) in [5, 5.41) is 20.9. The van der Waals surface area contributed by atoms with Gasteiger partial charge >= 0.3 is 5.97 Å². The van der Waals surface area contributed by atoms with Crippen LogP contribution in [0.25, 0.3) is 0 Å². The van der Waals surface area contributed by atoms with Crippen molar-refractivity contribution in [3.05, 3.63) is 23.0 Å². The zero-order valence-corrected chi connectivity index (χ0v) is 11.7. The molecule has 0 aliphatic carbocycles. The molecule has 0 radical (unpaired) electrons. The maximum absolute atomic E-state index is 12.0. The lowest BCUT2D eigenvalue weighted by atomic mass is 10.2. The normalized spacial score (nSPS) is 14.2. The number of nitrogens with one attached hydrogen (secondary N) is 1. The first-order chi connectivity index (χ1) is 8.73. The van der Waals surface area contributed by atoms with Crippen molar-refractivity contribution in [2.75, 3.05) is 0 Å². The van der Waals surface area contributed by atoms with Crippen molar-refractivity contribution in [1.82, 2.24) is 9.88 Å². The molecular formula is C12H17ClN2O4. The molecule has 1 heterocycles. The SMILES string of the molecule is CC(C)n1cc(Cl)cc1C(=O)N[C@H](C(=O)O)[C@@H](C)O. The number of rotatable bonds is 5. The smallest absolute Gasteiger partial charge is 0.328 e. The van der Waals surface area contributed by atoms with Crippen LogP contribution >= 0.6 is 11.6 Å². The van der Waals surface area contributed by atoms with Crippen LogP contribution in [0.5, 0.6) is 0 Å². The highest BCUT2D eigenvalue weighted by Crippen LogP contribution is 2.19. The van der Waals surface area contributed by atoms with Crippen molar-refractivity contribution in [3.63, 3.8) is 0 Å². The molecule has 19 heavy (non-hydrogen) atoms. The molecule has 1 amide bonds. The molecule has 1 aromatic rings. The van der Waals surface area contributed by atoms with E-state index in [0.29, 0.717) is 5.02 Å². The molecular weight excluding hydrogens is 272 g/mol. The molecule has 0 fully saturated rings. The van der Waals surface area contributed by atoms with Gasteiger partial charge in [0.1, 0.15) is 5.69 Å². The zero-order chi connectivity index (χ0) is 14.7. The number of carboxylic acid groups (broad SMARTS) is 1. The molecule has 0 saturated heterocycles. The first-order valence-electron chi connectivity index (χ1n) is 5.83. The second-order valence-corrected chi connectivity index (χ2v) is 5.01. The Morgan fingerprint density at radius 2 is 1.95 bits per heavy atom. The van der Waals surface area contributed by atoms with Gasteiger partial charge in [-0.1, -0.05) is 11.6 Å². The molecule has 0 aliphatic rings. The first-order valence-corrected chi connectivity index (χ1v) is 6.21. The summed E-state index contributed by atoms with van der Waals surface area (Å²) < 4.78 is 1.64. The van der Waals surface area contributed by atoms with E-state index in [1.54, 1.807) is 10.8 Å². The zero-order valence-electron chi connectivity index (χ0n) is 10.9. The number of aliphatic carboxylic acids is 1. The lowest BCUT2D eigenvalue weighted by Crippen LogP contribution is -2.48. The van der Waals surface area contributed by atoms with E-state index in [1.807, 2.05) is 13.8 Å². The number of hydrogen-bond acceptors (Lipinski definition) is 3. The van der Waals surface area contributed by atoms with Gasteiger partial charge in [0.2, 0.25) is 0 Å². The van der Waals surface area contributed by atoms with Gasteiger partial charge in [-0.2, -0.15) is 0 Å². The molecule has 1 aromatic heterocycles. The molecule has 3 N–H and O–H groups in total. The lowest BCUT2D eigenvalue weighted by Gasteiger charge is -2.18. The minimum Gasteiger partial charge on any atom is -0.480 e. The maximum atomic E-state index is 12.0. The number of aliphatic hydroxyl groups is 1. The van der Waals surface area contributed by atoms with Gasteiger partial charge in [-0.3, -0.25) is 4.79 Å². The first kappa shape index (κ1) is 15.5. The number of carbonyl (C=O) groups is 2. The van der Waals surface area contributed by atoms with Crippen LogP contribution in [0.1, 0.15) is 37.3 Å². The fourth-order valence-corrected chi connectivity index (χ4v) is 1.87. The van der Waals surface area contributed by atoms with Crippen LogP contribution in [0, 0.1) is 0 Å². The average Bonchev–Trinajstić information content (AvgIpc) is 2.67. The Balaban J connectivity index is 2.98. The summed E-state index contributed by atoms with van der Waals surface area (Å²) >= 11 is 5.85. The Morgan fingerprint density at radius 1 is 1.37 bits per heavy atom. The van der Waals surface area contributed by atoms with E-state index >= 15 is 0 Å². The van der Waals surface area contributed by atoms with Crippen LogP contribution in [0.3, 0.4) is 0 Å². The van der Waals surface area contributed by atoms with Gasteiger partial charge in [0.15, 0.2) is 6.04 Å². The Hall–Kier alpha value is -1.53. The monoisotopic (exact) mass is 288 g/mol. The quantitative estimate of drug-likeness (QED) is 0.761. The summed E-state index contributed by atoms with van der Waals surface area (Å²) in [6, 6.07) is 0.0996. The van der Waals surface area contributed by atoms with Crippen molar-refractivity contribution in [2.45, 2.75) is 39.0 Å².